The van der Waals surface area contributed by atoms with Crippen LogP contribution in [0.4, 0.5) is 0 Å². The average molecular weight is 1030 g/mol. The summed E-state index contributed by atoms with van der Waals surface area (Å²) in [7, 11) is 2.11. The topological polar surface area (TPSA) is 465 Å². The van der Waals surface area contributed by atoms with E-state index in [1.54, 1.807) is 20.8 Å². The van der Waals surface area contributed by atoms with E-state index in [1.165, 1.54) is 4.90 Å². The normalized spacial score (nSPS) is 24.4. The molecular weight excluding hydrogens is 955 g/mol. The van der Waals surface area contributed by atoms with Gasteiger partial charge in [0.1, 0.15) is 42.3 Å². The zero-order valence-electron chi connectivity index (χ0n) is 40.2. The van der Waals surface area contributed by atoms with Crippen LogP contribution >= 0.6 is 21.6 Å². The van der Waals surface area contributed by atoms with Crippen molar-refractivity contribution in [2.45, 2.75) is 134 Å². The maximum atomic E-state index is 14.5. The molecule has 0 radical (unpaired) electrons. The molecule has 70 heavy (non-hydrogen) atoms. The fourth-order valence-corrected chi connectivity index (χ4v) is 9.50. The lowest BCUT2D eigenvalue weighted by Crippen LogP contribution is -2.62. The highest BCUT2D eigenvalue weighted by atomic mass is 33.1. The van der Waals surface area contributed by atoms with E-state index in [-0.39, 0.29) is 75.2 Å². The zero-order valence-corrected chi connectivity index (χ0v) is 41.8. The Morgan fingerprint density at radius 2 is 1.26 bits per heavy atom. The summed E-state index contributed by atoms with van der Waals surface area (Å²) in [6.07, 6.45) is 0.894. The molecule has 394 valence electrons. The summed E-state index contributed by atoms with van der Waals surface area (Å²) in [4.78, 5) is 144. The number of carbonyl (C=O) groups excluding carboxylic acids is 10. The molecule has 0 aromatic rings. The van der Waals surface area contributed by atoms with E-state index < -0.39 is 132 Å². The highest BCUT2D eigenvalue weighted by Gasteiger charge is 2.41. The van der Waals surface area contributed by atoms with Gasteiger partial charge in [-0.1, -0.05) is 62.1 Å². The van der Waals surface area contributed by atoms with E-state index in [1.807, 2.05) is 6.92 Å². The molecule has 0 unspecified atom stereocenters. The number of amides is 10. The maximum Gasteiger partial charge on any atom is 0.246 e. The second kappa shape index (κ2) is 30.5. The molecule has 10 amide bonds. The van der Waals surface area contributed by atoms with Gasteiger partial charge in [-0.05, 0) is 50.4 Å². The number of primary amides is 2. The van der Waals surface area contributed by atoms with Crippen molar-refractivity contribution in [1.82, 2.24) is 42.1 Å². The van der Waals surface area contributed by atoms with Crippen LogP contribution in [-0.2, 0) is 47.9 Å². The lowest BCUT2D eigenvalue weighted by atomic mass is 9.94. The summed E-state index contributed by atoms with van der Waals surface area (Å²) >= 11 is 0. The molecule has 29 heteroatoms. The molecule has 0 saturated carbocycles. The average Bonchev–Trinajstić information content (AvgIpc) is 3.80. The van der Waals surface area contributed by atoms with Gasteiger partial charge >= 0.3 is 0 Å². The molecular formula is C41H73N17O10S2. The number of nitrogens with two attached hydrogens (primary N) is 7. The van der Waals surface area contributed by atoms with Gasteiger partial charge < -0.3 is 82.3 Å². The van der Waals surface area contributed by atoms with Gasteiger partial charge in [-0.15, -0.1) is 0 Å². The van der Waals surface area contributed by atoms with E-state index in [9.17, 15) is 47.9 Å². The predicted octanol–water partition coefficient (Wildman–Crippen LogP) is -5.72. The number of hydrogen-bond acceptors (Lipinski definition) is 15. The first-order chi connectivity index (χ1) is 33.0. The number of carbonyl (C=O) groups is 10. The van der Waals surface area contributed by atoms with Crippen LogP contribution in [0.3, 0.4) is 0 Å². The molecule has 2 rings (SSSR count). The molecule has 0 aliphatic carbocycles. The number of hydrogen-bond donors (Lipinski definition) is 14. The highest BCUT2D eigenvalue weighted by molar-refractivity contribution is 8.76. The van der Waals surface area contributed by atoms with Crippen molar-refractivity contribution in [2.75, 3.05) is 37.7 Å². The lowest BCUT2D eigenvalue weighted by molar-refractivity contribution is -0.142. The number of nitrogens with zero attached hydrogens (tertiary/aromatic N) is 3. The first-order valence-electron chi connectivity index (χ1n) is 23.1. The second-order valence-corrected chi connectivity index (χ2v) is 19.7. The molecule has 0 aromatic heterocycles. The van der Waals surface area contributed by atoms with E-state index in [0.717, 1.165) is 21.6 Å². The van der Waals surface area contributed by atoms with Crippen LogP contribution < -0.4 is 77.4 Å². The van der Waals surface area contributed by atoms with Gasteiger partial charge in [0.25, 0.3) is 0 Å². The standard InChI is InChI=1S/C41H73N17O10S2/c1-5-20(3)30-37(66)53-24(11-8-14-50-41(47)48)34(63)54-25(16-28(43)59)35(64)55-26(19-70-69-18-22(42)32(61)56-31(21(4)6-2)38(67)57-30)39(68)58-15-9-12-27(58)36(65)52-23(10-7-13-49-40(45)46)33(62)51-17-29(44)60/h20-27,30-31H,5-19,42H2,1-4H3,(H2,43,59)(H2,44,60)(H,51,62)(H,52,65)(H,53,66)(H,54,63)(H,55,64)(H,56,61)(H,57,67)(H4,45,46,49)(H4,47,48,50)/t20-,21-,22-,23-,24-,25-,26-,27-,30-,31-/m0/s1. The molecule has 2 saturated heterocycles. The van der Waals surface area contributed by atoms with E-state index in [0.29, 0.717) is 19.3 Å². The minimum atomic E-state index is -1.70. The van der Waals surface area contributed by atoms with Gasteiger partial charge in [-0.3, -0.25) is 57.9 Å². The Hall–Kier alpha value is -6.10. The van der Waals surface area contributed by atoms with Crippen molar-refractivity contribution in [3.8, 4) is 0 Å². The Labute approximate surface area is 414 Å². The van der Waals surface area contributed by atoms with E-state index in [2.05, 4.69) is 47.2 Å². The Morgan fingerprint density at radius 1 is 0.714 bits per heavy atom. The van der Waals surface area contributed by atoms with Gasteiger partial charge in [-0.25, -0.2) is 0 Å². The quantitative estimate of drug-likeness (QED) is 0.0234. The van der Waals surface area contributed by atoms with Crippen LogP contribution in [-0.4, -0.2) is 162 Å². The summed E-state index contributed by atoms with van der Waals surface area (Å²) in [5.41, 5.74) is 38.9. The summed E-state index contributed by atoms with van der Waals surface area (Å²) in [5, 5.41) is 18.2. The molecule has 2 fully saturated rings. The second-order valence-electron chi connectivity index (χ2n) is 17.1. The smallest absolute Gasteiger partial charge is 0.246 e. The maximum absolute atomic E-state index is 14.5. The van der Waals surface area contributed by atoms with Crippen molar-refractivity contribution >= 4 is 92.6 Å². The molecule has 10 atom stereocenters. The third-order valence-electron chi connectivity index (χ3n) is 11.6. The summed E-state index contributed by atoms with van der Waals surface area (Å²) < 4.78 is 0. The molecule has 21 N–H and O–H groups in total. The monoisotopic (exact) mass is 1030 g/mol. The number of likely N-dealkylation sites (tertiary alicyclic amines) is 1. The summed E-state index contributed by atoms with van der Waals surface area (Å²) in [6.45, 7) is 6.74. The first kappa shape index (κ1) is 60.0. The highest BCUT2D eigenvalue weighted by Crippen LogP contribution is 2.26. The molecule has 27 nitrogen and oxygen atoms in total. The lowest BCUT2D eigenvalue weighted by Gasteiger charge is -2.31. The number of aliphatic imine (C=N–C) groups is 2. The molecule has 2 aliphatic rings. The van der Waals surface area contributed by atoms with Crippen LogP contribution in [0.5, 0.6) is 0 Å². The van der Waals surface area contributed by atoms with Gasteiger partial charge in [0.05, 0.1) is 19.0 Å². The Balaban J connectivity index is 2.62. The van der Waals surface area contributed by atoms with Crippen molar-refractivity contribution in [3.05, 3.63) is 0 Å². The molecule has 0 aromatic carbocycles. The number of nitrogens with one attached hydrogen (secondary N) is 7. The van der Waals surface area contributed by atoms with Gasteiger partial charge in [0.15, 0.2) is 11.9 Å². The Morgan fingerprint density at radius 3 is 1.83 bits per heavy atom. The van der Waals surface area contributed by atoms with Crippen LogP contribution in [0.15, 0.2) is 9.98 Å². The van der Waals surface area contributed by atoms with Crippen LogP contribution in [0.25, 0.3) is 0 Å². The molecule has 2 aliphatic heterocycles. The Bertz CT molecular complexity index is 1920. The van der Waals surface area contributed by atoms with Crippen LogP contribution in [0.1, 0.15) is 85.5 Å². The largest absolute Gasteiger partial charge is 0.370 e. The minimum Gasteiger partial charge on any atom is -0.370 e. The minimum absolute atomic E-state index is 0.0260. The summed E-state index contributed by atoms with van der Waals surface area (Å²) in [5.74, 6) is -9.69. The van der Waals surface area contributed by atoms with Crippen molar-refractivity contribution in [1.29, 1.82) is 0 Å². The third kappa shape index (κ3) is 20.5. The SMILES string of the molecule is CC[C@H](C)[C@@H]1NC(=O)[C@H]([C@@H](C)CC)NC(=O)[C@@H](N)CSSC[C@@H](C(=O)N2CCC[C@H]2C(=O)N[C@@H](CCCN=C(N)N)C(=O)NCC(N)=O)NC(=O)[C@H](CC(N)=O)NC(=O)[C@H](CCCN=C(N)N)NC1=O. The predicted molar refractivity (Wildman–Crippen MR) is 264 cm³/mol. The summed E-state index contributed by atoms with van der Waals surface area (Å²) in [6, 6.07) is -10.4. The zero-order chi connectivity index (χ0) is 52.7. The number of rotatable bonds is 20. The third-order valence-corrected chi connectivity index (χ3v) is 14.0. The molecule has 0 spiro atoms. The number of guanidine groups is 2. The fourth-order valence-electron chi connectivity index (χ4n) is 7.23. The molecule has 2 heterocycles. The van der Waals surface area contributed by atoms with Gasteiger partial charge in [-0.2, -0.15) is 0 Å². The fraction of sp³-hybridized carbons (Fsp3) is 0.707. The van der Waals surface area contributed by atoms with Crippen LogP contribution in [0.2, 0.25) is 0 Å². The van der Waals surface area contributed by atoms with E-state index >= 15 is 0 Å². The van der Waals surface area contributed by atoms with Crippen LogP contribution in [0, 0.1) is 11.8 Å². The first-order valence-corrected chi connectivity index (χ1v) is 25.6. The molecule has 0 bridgehead atoms. The Kier molecular flexibility index (Phi) is 26.1. The van der Waals surface area contributed by atoms with E-state index in [4.69, 9.17) is 40.1 Å². The van der Waals surface area contributed by atoms with Gasteiger partial charge in [0.2, 0.25) is 59.1 Å². The van der Waals surface area contributed by atoms with Crippen molar-refractivity contribution < 1.29 is 47.9 Å². The van der Waals surface area contributed by atoms with Gasteiger partial charge in [0, 0.05) is 31.1 Å². The van der Waals surface area contributed by atoms with Crippen molar-refractivity contribution in [2.24, 2.45) is 62.0 Å². The van der Waals surface area contributed by atoms with Crippen molar-refractivity contribution in [3.63, 3.8) is 0 Å².